The molecular weight excluding hydrogens is 407 g/mol. The Bertz CT molecular complexity index is 816. The lowest BCUT2D eigenvalue weighted by atomic mass is 10.0. The summed E-state index contributed by atoms with van der Waals surface area (Å²) in [4.78, 5) is 14.7. The number of carbonyl (C=O) groups is 1. The van der Waals surface area contributed by atoms with Crippen LogP contribution in [0.3, 0.4) is 0 Å². The lowest BCUT2D eigenvalue weighted by Gasteiger charge is -2.31. The first kappa shape index (κ1) is 22.0. The van der Waals surface area contributed by atoms with Crippen molar-refractivity contribution >= 4 is 41.5 Å². The smallest absolute Gasteiger partial charge is 0.227 e. The number of rotatable bonds is 4. The highest BCUT2D eigenvalue weighted by Crippen LogP contribution is 2.26. The number of amides is 1. The third-order valence-corrected chi connectivity index (χ3v) is 5.91. The van der Waals surface area contributed by atoms with Gasteiger partial charge in [0.05, 0.1) is 27.8 Å². The maximum Gasteiger partial charge on any atom is 0.227 e. The van der Waals surface area contributed by atoms with Gasteiger partial charge in [0.1, 0.15) is 0 Å². The molecule has 0 atom stereocenters. The molecule has 148 valence electrons. The Morgan fingerprint density at radius 1 is 1.26 bits per heavy atom. The Morgan fingerprint density at radius 3 is 2.56 bits per heavy atom. The van der Waals surface area contributed by atoms with Gasteiger partial charge in [-0.3, -0.25) is 4.79 Å². The molecule has 0 radical (unpaired) electrons. The standard InChI is InChI=1S/C19H24Cl2N4O.ClH/c1-12-16(11-19(26)24(3)14-6-8-22-9-7-14)13(2)25(23-12)15-4-5-17(20)18(21)10-15;/h4-5,10,14,22H,6-9,11H2,1-3H3;1H. The molecule has 5 nitrogen and oxygen atoms in total. The topological polar surface area (TPSA) is 50.2 Å². The zero-order chi connectivity index (χ0) is 18.8. The second-order valence-corrected chi connectivity index (χ2v) is 7.64. The Hall–Kier alpha value is -1.27. The second kappa shape index (κ2) is 9.28. The average molecular weight is 432 g/mol. The Balaban J connectivity index is 0.00000261. The predicted molar refractivity (Wildman–Crippen MR) is 113 cm³/mol. The van der Waals surface area contributed by atoms with Crippen molar-refractivity contribution in [1.82, 2.24) is 20.0 Å². The summed E-state index contributed by atoms with van der Waals surface area (Å²) in [6.45, 7) is 5.86. The van der Waals surface area contributed by atoms with Crippen molar-refractivity contribution in [3.8, 4) is 5.69 Å². The van der Waals surface area contributed by atoms with Crippen LogP contribution in [-0.2, 0) is 11.2 Å². The van der Waals surface area contributed by atoms with Gasteiger partial charge >= 0.3 is 0 Å². The lowest BCUT2D eigenvalue weighted by molar-refractivity contribution is -0.131. The summed E-state index contributed by atoms with van der Waals surface area (Å²) >= 11 is 12.1. The normalized spacial score (nSPS) is 14.7. The van der Waals surface area contributed by atoms with Crippen LogP contribution in [0.25, 0.3) is 5.69 Å². The number of aryl methyl sites for hydroxylation is 1. The first-order valence-electron chi connectivity index (χ1n) is 8.85. The van der Waals surface area contributed by atoms with E-state index < -0.39 is 0 Å². The van der Waals surface area contributed by atoms with Crippen molar-refractivity contribution in [3.05, 3.63) is 45.2 Å². The predicted octanol–water partition coefficient (Wildman–Crippen LogP) is 3.97. The van der Waals surface area contributed by atoms with Crippen LogP contribution >= 0.6 is 35.6 Å². The molecule has 1 aromatic heterocycles. The van der Waals surface area contributed by atoms with Crippen LogP contribution in [0.4, 0.5) is 0 Å². The van der Waals surface area contributed by atoms with Gasteiger partial charge in [0.2, 0.25) is 5.91 Å². The number of piperidine rings is 1. The minimum atomic E-state index is 0. The monoisotopic (exact) mass is 430 g/mol. The highest BCUT2D eigenvalue weighted by atomic mass is 35.5. The number of carbonyl (C=O) groups excluding carboxylic acids is 1. The van der Waals surface area contributed by atoms with Crippen molar-refractivity contribution in [2.24, 2.45) is 0 Å². The van der Waals surface area contributed by atoms with Crippen LogP contribution < -0.4 is 5.32 Å². The average Bonchev–Trinajstić information content (AvgIpc) is 2.92. The molecule has 0 bridgehead atoms. The molecule has 0 unspecified atom stereocenters. The molecule has 2 aromatic rings. The summed E-state index contributed by atoms with van der Waals surface area (Å²) in [5, 5.41) is 8.94. The number of nitrogens with one attached hydrogen (secondary N) is 1. The van der Waals surface area contributed by atoms with Crippen LogP contribution in [0.5, 0.6) is 0 Å². The Morgan fingerprint density at radius 2 is 1.93 bits per heavy atom. The number of halogens is 3. The van der Waals surface area contributed by atoms with E-state index >= 15 is 0 Å². The molecule has 0 aliphatic carbocycles. The Labute approximate surface area is 176 Å². The van der Waals surface area contributed by atoms with E-state index in [0.29, 0.717) is 22.5 Å². The van der Waals surface area contributed by atoms with Crippen molar-refractivity contribution in [3.63, 3.8) is 0 Å². The molecular formula is C19H25Cl3N4O. The number of nitrogens with zero attached hydrogens (tertiary/aromatic N) is 3. The maximum absolute atomic E-state index is 12.8. The van der Waals surface area contributed by atoms with E-state index in [0.717, 1.165) is 48.6 Å². The molecule has 1 aromatic carbocycles. The van der Waals surface area contributed by atoms with Crippen LogP contribution in [0.15, 0.2) is 18.2 Å². The minimum absolute atomic E-state index is 0. The third-order valence-electron chi connectivity index (χ3n) is 5.17. The quantitative estimate of drug-likeness (QED) is 0.797. The van der Waals surface area contributed by atoms with E-state index in [2.05, 4.69) is 10.4 Å². The van der Waals surface area contributed by atoms with Gasteiger partial charge in [0.15, 0.2) is 0 Å². The number of hydrogen-bond acceptors (Lipinski definition) is 3. The van der Waals surface area contributed by atoms with Gasteiger partial charge in [-0.05, 0) is 58.0 Å². The molecule has 0 saturated carbocycles. The third kappa shape index (κ3) is 4.77. The van der Waals surface area contributed by atoms with Crippen molar-refractivity contribution in [2.45, 2.75) is 39.2 Å². The van der Waals surface area contributed by atoms with E-state index in [4.69, 9.17) is 23.2 Å². The lowest BCUT2D eigenvalue weighted by Crippen LogP contribution is -2.44. The molecule has 27 heavy (non-hydrogen) atoms. The van der Waals surface area contributed by atoms with E-state index in [1.165, 1.54) is 0 Å². The highest BCUT2D eigenvalue weighted by Gasteiger charge is 2.24. The van der Waals surface area contributed by atoms with Crippen molar-refractivity contribution in [1.29, 1.82) is 0 Å². The minimum Gasteiger partial charge on any atom is -0.342 e. The molecule has 1 aliphatic rings. The fourth-order valence-electron chi connectivity index (χ4n) is 3.47. The molecule has 1 amide bonds. The molecule has 1 saturated heterocycles. The molecule has 1 fully saturated rings. The number of aromatic nitrogens is 2. The van der Waals surface area contributed by atoms with Gasteiger partial charge in [0, 0.05) is 24.3 Å². The van der Waals surface area contributed by atoms with Gasteiger partial charge in [-0.2, -0.15) is 5.10 Å². The van der Waals surface area contributed by atoms with Crippen LogP contribution in [0, 0.1) is 13.8 Å². The molecule has 1 N–H and O–H groups in total. The molecule has 2 heterocycles. The summed E-state index contributed by atoms with van der Waals surface area (Å²) in [6, 6.07) is 5.73. The zero-order valence-corrected chi connectivity index (χ0v) is 18.1. The van der Waals surface area contributed by atoms with Crippen LogP contribution in [0.1, 0.15) is 29.8 Å². The second-order valence-electron chi connectivity index (χ2n) is 6.82. The highest BCUT2D eigenvalue weighted by molar-refractivity contribution is 6.42. The summed E-state index contributed by atoms with van der Waals surface area (Å²) in [5.41, 5.74) is 3.63. The van der Waals surface area contributed by atoms with E-state index in [1.807, 2.05) is 36.5 Å². The van der Waals surface area contributed by atoms with E-state index in [-0.39, 0.29) is 18.3 Å². The molecule has 8 heteroatoms. The van der Waals surface area contributed by atoms with Gasteiger partial charge < -0.3 is 10.2 Å². The Kier molecular flexibility index (Phi) is 7.57. The largest absolute Gasteiger partial charge is 0.342 e. The van der Waals surface area contributed by atoms with Crippen molar-refractivity contribution < 1.29 is 4.79 Å². The van der Waals surface area contributed by atoms with E-state index in [1.54, 1.807) is 12.1 Å². The van der Waals surface area contributed by atoms with Gasteiger partial charge in [-0.15, -0.1) is 12.4 Å². The number of likely N-dealkylation sites (N-methyl/N-ethyl adjacent to an activating group) is 1. The molecule has 0 spiro atoms. The first-order chi connectivity index (χ1) is 12.4. The number of hydrogen-bond donors (Lipinski definition) is 1. The zero-order valence-electron chi connectivity index (χ0n) is 15.8. The fraction of sp³-hybridized carbons (Fsp3) is 0.474. The fourth-order valence-corrected chi connectivity index (χ4v) is 3.76. The van der Waals surface area contributed by atoms with Crippen LogP contribution in [0.2, 0.25) is 10.0 Å². The molecule has 1 aliphatic heterocycles. The number of benzene rings is 1. The summed E-state index contributed by atoms with van der Waals surface area (Å²) < 4.78 is 1.82. The summed E-state index contributed by atoms with van der Waals surface area (Å²) in [7, 11) is 1.91. The van der Waals surface area contributed by atoms with Gasteiger partial charge in [-0.25, -0.2) is 4.68 Å². The first-order valence-corrected chi connectivity index (χ1v) is 9.61. The SMILES string of the molecule is Cc1nn(-c2ccc(Cl)c(Cl)c2)c(C)c1CC(=O)N(C)C1CCNCC1.Cl. The molecule has 3 rings (SSSR count). The summed E-state index contributed by atoms with van der Waals surface area (Å²) in [5.74, 6) is 0.136. The van der Waals surface area contributed by atoms with Crippen molar-refractivity contribution in [2.75, 3.05) is 20.1 Å². The van der Waals surface area contributed by atoms with Gasteiger partial charge in [0.25, 0.3) is 0 Å². The van der Waals surface area contributed by atoms with Crippen LogP contribution in [-0.4, -0.2) is 46.8 Å². The van der Waals surface area contributed by atoms with Gasteiger partial charge in [-0.1, -0.05) is 23.2 Å². The van der Waals surface area contributed by atoms with E-state index in [9.17, 15) is 4.79 Å². The maximum atomic E-state index is 12.8. The summed E-state index contributed by atoms with van der Waals surface area (Å²) in [6.07, 6.45) is 2.37.